The van der Waals surface area contributed by atoms with Gasteiger partial charge in [0.25, 0.3) is 0 Å². The highest BCUT2D eigenvalue weighted by atomic mass is 35.5. The molecule has 1 aromatic heterocycles. The van der Waals surface area contributed by atoms with Gasteiger partial charge in [0.2, 0.25) is 5.91 Å². The molecule has 4 N–H and O–H groups in total. The lowest BCUT2D eigenvalue weighted by Gasteiger charge is -2.33. The van der Waals surface area contributed by atoms with Crippen molar-refractivity contribution in [2.24, 2.45) is 5.41 Å². The fourth-order valence-corrected chi connectivity index (χ4v) is 4.19. The minimum absolute atomic E-state index is 0.0677. The predicted molar refractivity (Wildman–Crippen MR) is 96.1 cm³/mol. The van der Waals surface area contributed by atoms with E-state index in [0.717, 1.165) is 60.5 Å². The molecule has 4 rings (SSSR count). The van der Waals surface area contributed by atoms with Gasteiger partial charge in [-0.05, 0) is 62.0 Å². The molecule has 0 aliphatic carbocycles. The Balaban J connectivity index is 1.36. The number of amides is 1. The number of benzene rings is 1. The van der Waals surface area contributed by atoms with E-state index in [9.17, 15) is 4.79 Å². The fourth-order valence-electron chi connectivity index (χ4n) is 4.00. The van der Waals surface area contributed by atoms with Crippen LogP contribution in [0.1, 0.15) is 25.0 Å². The molecule has 24 heavy (non-hydrogen) atoms. The molecule has 128 valence electrons. The zero-order valence-electron chi connectivity index (χ0n) is 13.6. The van der Waals surface area contributed by atoms with E-state index in [-0.39, 0.29) is 11.9 Å². The first kappa shape index (κ1) is 15.9. The molecule has 2 saturated heterocycles. The molecule has 2 aliphatic rings. The number of hydrogen-bond donors (Lipinski definition) is 4. The van der Waals surface area contributed by atoms with Crippen molar-refractivity contribution in [2.45, 2.75) is 31.8 Å². The van der Waals surface area contributed by atoms with Gasteiger partial charge in [-0.2, -0.15) is 0 Å². The van der Waals surface area contributed by atoms with Gasteiger partial charge < -0.3 is 20.9 Å². The van der Waals surface area contributed by atoms with Gasteiger partial charge in [0.05, 0.1) is 12.6 Å². The molecule has 0 bridgehead atoms. The number of carbonyl (C=O) groups excluding carboxylic acids is 1. The third-order valence-electron chi connectivity index (χ3n) is 5.43. The SMILES string of the molecule is O=C(NCc1cc2cc(Cl)ccc2[nH]1)[C@@H]1CC2(CCNCC2)CN1. The van der Waals surface area contributed by atoms with Crippen LogP contribution in [-0.4, -0.2) is 36.6 Å². The van der Waals surface area contributed by atoms with Crippen LogP contribution in [0.4, 0.5) is 0 Å². The molecular weight excluding hydrogens is 324 g/mol. The number of fused-ring (bicyclic) bond motifs is 1. The zero-order valence-corrected chi connectivity index (χ0v) is 14.4. The first-order chi connectivity index (χ1) is 11.6. The highest BCUT2D eigenvalue weighted by Crippen LogP contribution is 2.37. The van der Waals surface area contributed by atoms with E-state index in [1.807, 2.05) is 24.3 Å². The molecule has 6 heteroatoms. The van der Waals surface area contributed by atoms with Gasteiger partial charge in [-0.25, -0.2) is 0 Å². The van der Waals surface area contributed by atoms with E-state index in [2.05, 4.69) is 20.9 Å². The Morgan fingerprint density at radius 1 is 1.29 bits per heavy atom. The quantitative estimate of drug-likeness (QED) is 0.688. The summed E-state index contributed by atoms with van der Waals surface area (Å²) in [4.78, 5) is 15.8. The van der Waals surface area contributed by atoms with Gasteiger partial charge in [-0.1, -0.05) is 11.6 Å². The minimum atomic E-state index is -0.0677. The smallest absolute Gasteiger partial charge is 0.237 e. The third kappa shape index (κ3) is 3.16. The number of H-pyrrole nitrogens is 1. The Hall–Kier alpha value is -1.56. The van der Waals surface area contributed by atoms with Gasteiger partial charge in [0.1, 0.15) is 0 Å². The van der Waals surface area contributed by atoms with Crippen molar-refractivity contribution in [2.75, 3.05) is 19.6 Å². The molecule has 1 spiro atoms. The first-order valence-corrected chi connectivity index (χ1v) is 9.00. The van der Waals surface area contributed by atoms with Gasteiger partial charge in [0, 0.05) is 28.2 Å². The van der Waals surface area contributed by atoms with Gasteiger partial charge >= 0.3 is 0 Å². The topological polar surface area (TPSA) is 69.0 Å². The summed E-state index contributed by atoms with van der Waals surface area (Å²) in [6.45, 7) is 3.59. The van der Waals surface area contributed by atoms with Crippen LogP contribution in [-0.2, 0) is 11.3 Å². The molecule has 5 nitrogen and oxygen atoms in total. The Kier molecular flexibility index (Phi) is 4.24. The number of nitrogens with one attached hydrogen (secondary N) is 4. The lowest BCUT2D eigenvalue weighted by atomic mass is 9.77. The fraction of sp³-hybridized carbons (Fsp3) is 0.500. The van der Waals surface area contributed by atoms with Crippen molar-refractivity contribution in [1.29, 1.82) is 0 Å². The van der Waals surface area contributed by atoms with E-state index >= 15 is 0 Å². The summed E-state index contributed by atoms with van der Waals surface area (Å²) in [5.41, 5.74) is 2.34. The van der Waals surface area contributed by atoms with Gasteiger partial charge in [0.15, 0.2) is 0 Å². The van der Waals surface area contributed by atoms with Crippen molar-refractivity contribution in [1.82, 2.24) is 20.9 Å². The summed E-state index contributed by atoms with van der Waals surface area (Å²) >= 11 is 6.02. The number of hydrogen-bond acceptors (Lipinski definition) is 3. The van der Waals surface area contributed by atoms with E-state index in [0.29, 0.717) is 12.0 Å². The Morgan fingerprint density at radius 3 is 2.96 bits per heavy atom. The van der Waals surface area contributed by atoms with Crippen LogP contribution in [0.2, 0.25) is 5.02 Å². The molecule has 2 fully saturated rings. The largest absolute Gasteiger partial charge is 0.357 e. The molecule has 1 aromatic carbocycles. The summed E-state index contributed by atoms with van der Waals surface area (Å²) in [6, 6.07) is 7.73. The van der Waals surface area contributed by atoms with E-state index in [1.54, 1.807) is 0 Å². The normalized spacial score (nSPS) is 23.0. The molecule has 0 saturated carbocycles. The lowest BCUT2D eigenvalue weighted by molar-refractivity contribution is -0.123. The standard InChI is InChI=1S/C18H23ClN4O/c19-13-1-2-15-12(7-13)8-14(23-15)10-21-17(24)16-9-18(11-22-16)3-5-20-6-4-18/h1-2,7-8,16,20,22-23H,3-6,9-11H2,(H,21,24)/t16-/m0/s1. The van der Waals surface area contributed by atoms with Gasteiger partial charge in [-0.3, -0.25) is 4.79 Å². The van der Waals surface area contributed by atoms with Crippen LogP contribution in [0.5, 0.6) is 0 Å². The molecule has 0 radical (unpaired) electrons. The highest BCUT2D eigenvalue weighted by Gasteiger charge is 2.41. The monoisotopic (exact) mass is 346 g/mol. The lowest BCUT2D eigenvalue weighted by Crippen LogP contribution is -2.40. The molecule has 3 heterocycles. The van der Waals surface area contributed by atoms with E-state index < -0.39 is 0 Å². The van der Waals surface area contributed by atoms with Crippen molar-refractivity contribution in [3.8, 4) is 0 Å². The minimum Gasteiger partial charge on any atom is -0.357 e. The predicted octanol–water partition coefficient (Wildman–Crippen LogP) is 2.17. The second-order valence-corrected chi connectivity index (χ2v) is 7.57. The maximum absolute atomic E-state index is 12.5. The van der Waals surface area contributed by atoms with Crippen molar-refractivity contribution < 1.29 is 4.79 Å². The molecule has 1 amide bonds. The maximum atomic E-state index is 12.5. The summed E-state index contributed by atoms with van der Waals surface area (Å²) in [5.74, 6) is 0.0992. The maximum Gasteiger partial charge on any atom is 0.237 e. The average molecular weight is 347 g/mol. The summed E-state index contributed by atoms with van der Waals surface area (Å²) in [6.07, 6.45) is 3.27. The van der Waals surface area contributed by atoms with Crippen molar-refractivity contribution >= 4 is 28.4 Å². The van der Waals surface area contributed by atoms with Gasteiger partial charge in [-0.15, -0.1) is 0 Å². The second-order valence-electron chi connectivity index (χ2n) is 7.13. The Labute approximate surface area is 146 Å². The number of piperidine rings is 1. The van der Waals surface area contributed by atoms with Crippen LogP contribution in [0.25, 0.3) is 10.9 Å². The summed E-state index contributed by atoms with van der Waals surface area (Å²) in [7, 11) is 0. The average Bonchev–Trinajstić information content (AvgIpc) is 3.17. The third-order valence-corrected chi connectivity index (χ3v) is 5.67. The number of rotatable bonds is 3. The molecular formula is C18H23ClN4O. The van der Waals surface area contributed by atoms with Crippen LogP contribution in [0.3, 0.4) is 0 Å². The number of carbonyl (C=O) groups is 1. The molecule has 0 unspecified atom stereocenters. The van der Waals surface area contributed by atoms with E-state index in [4.69, 9.17) is 11.6 Å². The Bertz CT molecular complexity index is 751. The van der Waals surface area contributed by atoms with Crippen LogP contribution in [0, 0.1) is 5.41 Å². The highest BCUT2D eigenvalue weighted by molar-refractivity contribution is 6.31. The number of aromatic nitrogens is 1. The molecule has 1 atom stereocenters. The van der Waals surface area contributed by atoms with E-state index in [1.165, 1.54) is 0 Å². The van der Waals surface area contributed by atoms with Crippen molar-refractivity contribution in [3.05, 3.63) is 35.0 Å². The number of halogens is 1. The second kappa shape index (κ2) is 6.39. The molecule has 2 aromatic rings. The summed E-state index contributed by atoms with van der Waals surface area (Å²) < 4.78 is 0. The summed E-state index contributed by atoms with van der Waals surface area (Å²) in [5, 5.41) is 11.7. The molecule has 2 aliphatic heterocycles. The first-order valence-electron chi connectivity index (χ1n) is 8.63. The number of aromatic amines is 1. The Morgan fingerprint density at radius 2 is 2.12 bits per heavy atom. The zero-order chi connectivity index (χ0) is 16.6. The van der Waals surface area contributed by atoms with Crippen molar-refractivity contribution in [3.63, 3.8) is 0 Å². The van der Waals surface area contributed by atoms with Crippen LogP contribution >= 0.6 is 11.6 Å². The van der Waals surface area contributed by atoms with Crippen LogP contribution in [0.15, 0.2) is 24.3 Å². The van der Waals surface area contributed by atoms with Crippen LogP contribution < -0.4 is 16.0 Å².